The van der Waals surface area contributed by atoms with Crippen molar-refractivity contribution < 1.29 is 4.79 Å². The van der Waals surface area contributed by atoms with Gasteiger partial charge in [-0.3, -0.25) is 4.79 Å². The molecule has 0 aromatic heterocycles. The van der Waals surface area contributed by atoms with E-state index in [-0.39, 0.29) is 5.91 Å². The van der Waals surface area contributed by atoms with Crippen LogP contribution in [0.4, 0.5) is 11.4 Å². The molecule has 2 aliphatic rings. The number of amides is 1. The summed E-state index contributed by atoms with van der Waals surface area (Å²) in [5, 5.41) is 3.19. The number of carbonyl (C=O) groups excluding carboxylic acids is 1. The molecule has 1 aromatic rings. The van der Waals surface area contributed by atoms with Crippen LogP contribution in [0.25, 0.3) is 0 Å². The lowest BCUT2D eigenvalue weighted by Gasteiger charge is -2.41. The molecule has 1 atom stereocenters. The zero-order chi connectivity index (χ0) is 12.0. The van der Waals surface area contributed by atoms with Crippen LogP contribution in [0.1, 0.15) is 5.56 Å². The molecule has 4 heteroatoms. The second-order valence-electron chi connectivity index (χ2n) is 4.99. The minimum atomic E-state index is 0.177. The number of nitrogens with zero attached hydrogens (tertiary/aromatic N) is 2. The number of para-hydroxylation sites is 1. The minimum Gasteiger partial charge on any atom is -0.374 e. The number of benzene rings is 1. The van der Waals surface area contributed by atoms with Crippen molar-refractivity contribution in [3.8, 4) is 0 Å². The van der Waals surface area contributed by atoms with Crippen molar-refractivity contribution in [3.63, 3.8) is 0 Å². The van der Waals surface area contributed by atoms with E-state index in [9.17, 15) is 4.79 Å². The molecule has 0 spiro atoms. The van der Waals surface area contributed by atoms with Gasteiger partial charge in [-0.25, -0.2) is 0 Å². The first-order valence-electron chi connectivity index (χ1n) is 5.99. The van der Waals surface area contributed by atoms with Crippen LogP contribution in [0.3, 0.4) is 0 Å². The number of rotatable bonds is 1. The molecule has 90 valence electrons. The SMILES string of the molecule is CN(C)C1Cc2cccc3c2N(C1)C(=O)CN3. The van der Waals surface area contributed by atoms with Crippen LogP contribution in [-0.2, 0) is 11.2 Å². The highest BCUT2D eigenvalue weighted by Gasteiger charge is 2.33. The van der Waals surface area contributed by atoms with E-state index in [4.69, 9.17) is 0 Å². The van der Waals surface area contributed by atoms with Crippen molar-refractivity contribution in [1.29, 1.82) is 0 Å². The van der Waals surface area contributed by atoms with Crippen LogP contribution < -0.4 is 10.2 Å². The maximum atomic E-state index is 12.0. The highest BCUT2D eigenvalue weighted by Crippen LogP contribution is 2.37. The Balaban J connectivity index is 2.08. The Hall–Kier alpha value is -1.55. The van der Waals surface area contributed by atoms with E-state index < -0.39 is 0 Å². The van der Waals surface area contributed by atoms with Crippen LogP contribution in [0.2, 0.25) is 0 Å². The zero-order valence-corrected chi connectivity index (χ0v) is 10.2. The Kier molecular flexibility index (Phi) is 2.33. The van der Waals surface area contributed by atoms with Crippen molar-refractivity contribution >= 4 is 17.3 Å². The number of likely N-dealkylation sites (N-methyl/N-ethyl adjacent to an activating group) is 1. The lowest BCUT2D eigenvalue weighted by atomic mass is 9.95. The van der Waals surface area contributed by atoms with Crippen molar-refractivity contribution in [1.82, 2.24) is 4.90 Å². The molecule has 2 aliphatic heterocycles. The molecule has 4 nitrogen and oxygen atoms in total. The maximum Gasteiger partial charge on any atom is 0.246 e. The average molecular weight is 231 g/mol. The molecule has 3 rings (SSSR count). The fourth-order valence-corrected chi connectivity index (χ4v) is 2.68. The summed E-state index contributed by atoms with van der Waals surface area (Å²) in [7, 11) is 4.15. The molecule has 0 radical (unpaired) electrons. The number of nitrogens with one attached hydrogen (secondary N) is 1. The summed E-state index contributed by atoms with van der Waals surface area (Å²) >= 11 is 0. The van der Waals surface area contributed by atoms with Gasteiger partial charge in [-0.2, -0.15) is 0 Å². The van der Waals surface area contributed by atoms with Gasteiger partial charge in [0.05, 0.1) is 17.9 Å². The van der Waals surface area contributed by atoms with Gasteiger partial charge in [0.1, 0.15) is 0 Å². The first-order valence-corrected chi connectivity index (χ1v) is 5.99. The molecule has 0 saturated carbocycles. The summed E-state index contributed by atoms with van der Waals surface area (Å²) in [6.07, 6.45) is 1.02. The minimum absolute atomic E-state index is 0.177. The molecule has 1 N–H and O–H groups in total. The summed E-state index contributed by atoms with van der Waals surface area (Å²) in [6.45, 7) is 1.22. The third-order valence-corrected chi connectivity index (χ3v) is 3.70. The monoisotopic (exact) mass is 231 g/mol. The predicted octanol–water partition coefficient (Wildman–Crippen LogP) is 0.931. The Morgan fingerprint density at radius 2 is 2.24 bits per heavy atom. The highest BCUT2D eigenvalue weighted by atomic mass is 16.2. The van der Waals surface area contributed by atoms with Gasteiger partial charge in [-0.15, -0.1) is 0 Å². The van der Waals surface area contributed by atoms with Gasteiger partial charge >= 0.3 is 0 Å². The van der Waals surface area contributed by atoms with E-state index in [1.807, 2.05) is 11.0 Å². The Morgan fingerprint density at radius 1 is 1.41 bits per heavy atom. The summed E-state index contributed by atoms with van der Waals surface area (Å²) in [5.41, 5.74) is 3.47. The number of carbonyl (C=O) groups is 1. The van der Waals surface area contributed by atoms with Crippen LogP contribution in [-0.4, -0.2) is 44.0 Å². The normalized spacial score (nSPS) is 22.4. The molecule has 0 bridgehead atoms. The molecule has 0 saturated heterocycles. The Labute approximate surface area is 101 Å². The Bertz CT molecular complexity index is 470. The molecule has 1 amide bonds. The largest absolute Gasteiger partial charge is 0.374 e. The highest BCUT2D eigenvalue weighted by molar-refractivity contribution is 6.04. The third-order valence-electron chi connectivity index (χ3n) is 3.70. The lowest BCUT2D eigenvalue weighted by molar-refractivity contribution is -0.117. The molecule has 0 fully saturated rings. The van der Waals surface area contributed by atoms with Gasteiger partial charge < -0.3 is 15.1 Å². The van der Waals surface area contributed by atoms with Gasteiger partial charge in [-0.05, 0) is 32.1 Å². The summed E-state index contributed by atoms with van der Waals surface area (Å²) in [4.78, 5) is 16.1. The van der Waals surface area contributed by atoms with Crippen molar-refractivity contribution in [2.24, 2.45) is 0 Å². The molecule has 17 heavy (non-hydrogen) atoms. The fourth-order valence-electron chi connectivity index (χ4n) is 2.68. The van der Waals surface area contributed by atoms with Crippen LogP contribution >= 0.6 is 0 Å². The van der Waals surface area contributed by atoms with Crippen LogP contribution in [0, 0.1) is 0 Å². The molecule has 2 heterocycles. The van der Waals surface area contributed by atoms with Gasteiger partial charge in [0.2, 0.25) is 5.91 Å². The number of hydrogen-bond donors (Lipinski definition) is 1. The third kappa shape index (κ3) is 1.60. The maximum absolute atomic E-state index is 12.0. The van der Waals surface area contributed by atoms with Crippen molar-refractivity contribution in [2.75, 3.05) is 37.4 Å². The van der Waals surface area contributed by atoms with Crippen molar-refractivity contribution in [2.45, 2.75) is 12.5 Å². The Morgan fingerprint density at radius 3 is 3.00 bits per heavy atom. The first-order chi connectivity index (χ1) is 8.16. The second-order valence-corrected chi connectivity index (χ2v) is 4.99. The van der Waals surface area contributed by atoms with Crippen molar-refractivity contribution in [3.05, 3.63) is 23.8 Å². The lowest BCUT2D eigenvalue weighted by Crippen LogP contribution is -2.51. The standard InChI is InChI=1S/C13H17N3O/c1-15(2)10-6-9-4-3-5-11-13(9)16(8-10)12(17)7-14-11/h3-5,10,14H,6-8H2,1-2H3. The smallest absolute Gasteiger partial charge is 0.246 e. The van der Waals surface area contributed by atoms with E-state index >= 15 is 0 Å². The molecule has 1 unspecified atom stereocenters. The predicted molar refractivity (Wildman–Crippen MR) is 68.5 cm³/mol. The van der Waals surface area contributed by atoms with E-state index in [1.54, 1.807) is 0 Å². The summed E-state index contributed by atoms with van der Waals surface area (Å²) in [6, 6.07) is 6.66. The molecular formula is C13H17N3O. The number of hydrogen-bond acceptors (Lipinski definition) is 3. The van der Waals surface area contributed by atoms with Gasteiger partial charge in [0, 0.05) is 12.6 Å². The topological polar surface area (TPSA) is 35.6 Å². The van der Waals surface area contributed by atoms with E-state index in [2.05, 4.69) is 36.4 Å². The molecule has 1 aromatic carbocycles. The zero-order valence-electron chi connectivity index (χ0n) is 10.2. The fraction of sp³-hybridized carbons (Fsp3) is 0.462. The second kappa shape index (κ2) is 3.74. The molecular weight excluding hydrogens is 214 g/mol. The van der Waals surface area contributed by atoms with E-state index in [0.717, 1.165) is 24.3 Å². The van der Waals surface area contributed by atoms with Gasteiger partial charge in [0.15, 0.2) is 0 Å². The summed E-state index contributed by atoms with van der Waals surface area (Å²) < 4.78 is 0. The molecule has 0 aliphatic carbocycles. The average Bonchev–Trinajstić information content (AvgIpc) is 2.33. The summed E-state index contributed by atoms with van der Waals surface area (Å²) in [5.74, 6) is 0.177. The van der Waals surface area contributed by atoms with E-state index in [0.29, 0.717) is 12.6 Å². The first kappa shape index (κ1) is 10.6. The van der Waals surface area contributed by atoms with E-state index in [1.165, 1.54) is 5.56 Å². The van der Waals surface area contributed by atoms with Crippen LogP contribution in [0.15, 0.2) is 18.2 Å². The number of anilines is 2. The van der Waals surface area contributed by atoms with Gasteiger partial charge in [0.25, 0.3) is 0 Å². The van der Waals surface area contributed by atoms with Crippen LogP contribution in [0.5, 0.6) is 0 Å². The van der Waals surface area contributed by atoms with Gasteiger partial charge in [-0.1, -0.05) is 12.1 Å². The quantitative estimate of drug-likeness (QED) is 0.781.